The van der Waals surface area contributed by atoms with E-state index in [-0.39, 0.29) is 5.97 Å². The van der Waals surface area contributed by atoms with Gasteiger partial charge >= 0.3 is 5.97 Å². The molecule has 0 atom stereocenters. The van der Waals surface area contributed by atoms with Crippen LogP contribution in [0.1, 0.15) is 19.8 Å². The van der Waals surface area contributed by atoms with Crippen LogP contribution in [0.25, 0.3) is 0 Å². The van der Waals surface area contributed by atoms with Crippen LogP contribution >= 0.6 is 11.3 Å². The molecule has 1 heterocycles. The normalized spacial score (nSPS) is 8.17. The second-order valence-electron chi connectivity index (χ2n) is 2.00. The smallest absolute Gasteiger partial charge is 0.305 e. The Balaban J connectivity index is 0.000000211. The first-order valence-electron chi connectivity index (χ1n) is 3.70. The summed E-state index contributed by atoms with van der Waals surface area (Å²) in [7, 11) is 1.40. The number of nitrogens with zero attached hydrogens (tertiary/aromatic N) is 1. The van der Waals surface area contributed by atoms with Gasteiger partial charge in [0, 0.05) is 18.0 Å². The van der Waals surface area contributed by atoms with Crippen molar-refractivity contribution in [1.82, 2.24) is 4.98 Å². The average molecular weight is 187 g/mol. The van der Waals surface area contributed by atoms with Crippen molar-refractivity contribution in [3.05, 3.63) is 17.1 Å². The fraction of sp³-hybridized carbons (Fsp3) is 0.500. The molecule has 1 aromatic rings. The number of ether oxygens (including phenoxy) is 1. The molecule has 0 aliphatic heterocycles. The van der Waals surface area contributed by atoms with Gasteiger partial charge in [-0.25, -0.2) is 0 Å². The largest absolute Gasteiger partial charge is 0.469 e. The predicted octanol–water partition coefficient (Wildman–Crippen LogP) is 2.10. The number of methoxy groups -OCH3 is 1. The van der Waals surface area contributed by atoms with E-state index in [4.69, 9.17) is 0 Å². The fourth-order valence-electron chi connectivity index (χ4n) is 0.482. The molecule has 0 aromatic carbocycles. The van der Waals surface area contributed by atoms with E-state index in [2.05, 4.69) is 9.72 Å². The van der Waals surface area contributed by atoms with Gasteiger partial charge in [-0.05, 0) is 6.42 Å². The van der Waals surface area contributed by atoms with Crippen LogP contribution in [-0.4, -0.2) is 18.1 Å². The molecule has 4 heteroatoms. The van der Waals surface area contributed by atoms with Gasteiger partial charge in [0.25, 0.3) is 0 Å². The first kappa shape index (κ1) is 11.1. The molecule has 1 aromatic heterocycles. The third-order valence-electron chi connectivity index (χ3n) is 1.03. The van der Waals surface area contributed by atoms with Crippen LogP contribution in [0.2, 0.25) is 0 Å². The topological polar surface area (TPSA) is 39.2 Å². The Morgan fingerprint density at radius 2 is 2.42 bits per heavy atom. The monoisotopic (exact) mass is 187 g/mol. The average Bonchev–Trinajstić information content (AvgIpc) is 2.62. The summed E-state index contributed by atoms with van der Waals surface area (Å²) in [6.07, 6.45) is 3.17. The van der Waals surface area contributed by atoms with Gasteiger partial charge in [0.2, 0.25) is 0 Å². The van der Waals surface area contributed by atoms with Gasteiger partial charge in [-0.1, -0.05) is 6.92 Å². The maximum atomic E-state index is 10.2. The minimum absolute atomic E-state index is 0.123. The number of carbonyl (C=O) groups is 1. The van der Waals surface area contributed by atoms with Crippen LogP contribution in [0.5, 0.6) is 0 Å². The lowest BCUT2D eigenvalue weighted by atomic mass is 10.3. The Kier molecular flexibility index (Phi) is 7.58. The predicted molar refractivity (Wildman–Crippen MR) is 49.0 cm³/mol. The fourth-order valence-corrected chi connectivity index (χ4v) is 0.833. The summed E-state index contributed by atoms with van der Waals surface area (Å²) in [5.74, 6) is -0.123. The summed E-state index contributed by atoms with van der Waals surface area (Å²) in [5.41, 5.74) is 1.79. The van der Waals surface area contributed by atoms with E-state index in [9.17, 15) is 4.79 Å². The number of hydrogen-bond donors (Lipinski definition) is 0. The molecule has 0 unspecified atom stereocenters. The Morgan fingerprint density at radius 1 is 1.67 bits per heavy atom. The molecule has 0 aliphatic carbocycles. The number of rotatable bonds is 2. The van der Waals surface area contributed by atoms with Crippen molar-refractivity contribution in [2.75, 3.05) is 7.11 Å². The van der Waals surface area contributed by atoms with E-state index >= 15 is 0 Å². The van der Waals surface area contributed by atoms with Crippen LogP contribution in [0.15, 0.2) is 17.1 Å². The lowest BCUT2D eigenvalue weighted by Crippen LogP contribution is -1.97. The van der Waals surface area contributed by atoms with Gasteiger partial charge in [-0.2, -0.15) is 0 Å². The van der Waals surface area contributed by atoms with Crippen molar-refractivity contribution < 1.29 is 9.53 Å². The quantitative estimate of drug-likeness (QED) is 0.665. The summed E-state index contributed by atoms with van der Waals surface area (Å²) < 4.78 is 4.35. The molecule has 1 rings (SSSR count). The molecule has 12 heavy (non-hydrogen) atoms. The summed E-state index contributed by atoms with van der Waals surface area (Å²) in [5, 5.41) is 1.93. The lowest BCUT2D eigenvalue weighted by Gasteiger charge is -1.91. The van der Waals surface area contributed by atoms with E-state index in [0.717, 1.165) is 6.42 Å². The van der Waals surface area contributed by atoms with Gasteiger partial charge in [0.05, 0.1) is 12.6 Å². The van der Waals surface area contributed by atoms with Gasteiger partial charge in [-0.15, -0.1) is 11.3 Å². The highest BCUT2D eigenvalue weighted by Crippen LogP contribution is 1.87. The molecule has 68 valence electrons. The minimum atomic E-state index is -0.123. The van der Waals surface area contributed by atoms with Crippen molar-refractivity contribution >= 4 is 17.3 Å². The van der Waals surface area contributed by atoms with Crippen LogP contribution < -0.4 is 0 Å². The van der Waals surface area contributed by atoms with E-state index in [1.807, 2.05) is 12.3 Å². The second-order valence-corrected chi connectivity index (χ2v) is 2.76. The first-order valence-corrected chi connectivity index (χ1v) is 4.64. The molecule has 0 aliphatic rings. The zero-order valence-electron chi connectivity index (χ0n) is 7.32. The van der Waals surface area contributed by atoms with Crippen LogP contribution in [0.4, 0.5) is 0 Å². The van der Waals surface area contributed by atoms with Crippen molar-refractivity contribution in [2.45, 2.75) is 19.8 Å². The van der Waals surface area contributed by atoms with E-state index in [1.54, 1.807) is 23.0 Å². The highest BCUT2D eigenvalue weighted by Gasteiger charge is 1.92. The zero-order valence-corrected chi connectivity index (χ0v) is 8.13. The lowest BCUT2D eigenvalue weighted by molar-refractivity contribution is -0.140. The van der Waals surface area contributed by atoms with Gasteiger partial charge in [-0.3, -0.25) is 9.78 Å². The van der Waals surface area contributed by atoms with Crippen molar-refractivity contribution in [1.29, 1.82) is 0 Å². The van der Waals surface area contributed by atoms with Crippen LogP contribution in [0, 0.1) is 0 Å². The van der Waals surface area contributed by atoms with Crippen LogP contribution in [0.3, 0.4) is 0 Å². The van der Waals surface area contributed by atoms with Crippen molar-refractivity contribution in [3.8, 4) is 0 Å². The molecular weight excluding hydrogens is 174 g/mol. The number of esters is 1. The number of carbonyl (C=O) groups excluding carboxylic acids is 1. The summed E-state index contributed by atoms with van der Waals surface area (Å²) in [6, 6.07) is 0. The first-order chi connectivity index (χ1) is 5.81. The van der Waals surface area contributed by atoms with E-state index in [0.29, 0.717) is 6.42 Å². The van der Waals surface area contributed by atoms with Gasteiger partial charge < -0.3 is 4.74 Å². The molecule has 0 saturated carbocycles. The summed E-state index contributed by atoms with van der Waals surface area (Å²) in [4.78, 5) is 13.9. The third kappa shape index (κ3) is 7.21. The highest BCUT2D eigenvalue weighted by atomic mass is 32.1. The van der Waals surface area contributed by atoms with E-state index in [1.165, 1.54) is 7.11 Å². The third-order valence-corrected chi connectivity index (χ3v) is 1.55. The summed E-state index contributed by atoms with van der Waals surface area (Å²) >= 11 is 1.60. The van der Waals surface area contributed by atoms with Crippen molar-refractivity contribution in [3.63, 3.8) is 0 Å². The Labute approximate surface area is 76.4 Å². The highest BCUT2D eigenvalue weighted by molar-refractivity contribution is 7.07. The van der Waals surface area contributed by atoms with Gasteiger partial charge in [0.1, 0.15) is 0 Å². The molecule has 0 spiro atoms. The van der Waals surface area contributed by atoms with Crippen LogP contribution in [-0.2, 0) is 9.53 Å². The van der Waals surface area contributed by atoms with Crippen molar-refractivity contribution in [2.24, 2.45) is 0 Å². The molecule has 0 bridgehead atoms. The zero-order chi connectivity index (χ0) is 9.23. The Bertz CT molecular complexity index is 170. The Morgan fingerprint density at radius 3 is 2.58 bits per heavy atom. The molecule has 0 fully saturated rings. The molecule has 0 N–H and O–H groups in total. The molecular formula is C8H13NO2S. The molecule has 0 amide bonds. The molecule has 0 saturated heterocycles. The second kappa shape index (κ2) is 8.20. The maximum Gasteiger partial charge on any atom is 0.305 e. The summed E-state index contributed by atoms with van der Waals surface area (Å²) in [6.45, 7) is 1.94. The Hall–Kier alpha value is -0.900. The molecule has 0 radical (unpaired) electrons. The number of thiazole rings is 1. The minimum Gasteiger partial charge on any atom is -0.469 e. The van der Waals surface area contributed by atoms with Gasteiger partial charge in [0.15, 0.2) is 0 Å². The van der Waals surface area contributed by atoms with E-state index < -0.39 is 0 Å². The number of aromatic nitrogens is 1. The molecule has 3 nitrogen and oxygen atoms in total. The maximum absolute atomic E-state index is 10.2. The SMILES string of the molecule is CCCC(=O)OC.c1cscn1. The standard InChI is InChI=1S/C5H10O2.C3H3NS/c1-3-4-5(6)7-2;1-2-5-3-4-1/h3-4H2,1-2H3;1-3H. The number of hydrogen-bond acceptors (Lipinski definition) is 4.